The molecule has 0 aromatic rings. The fourth-order valence-electron chi connectivity index (χ4n) is 10.2. The third-order valence-electron chi connectivity index (χ3n) is 14.3. The topological polar surface area (TPSA) is 287 Å². The molecule has 0 fully saturated rings. The van der Waals surface area contributed by atoms with Crippen molar-refractivity contribution in [3.8, 4) is 0 Å². The largest absolute Gasteiger partial charge is 0.481 e. The lowest BCUT2D eigenvalue weighted by atomic mass is 9.57. The molecule has 16 heteroatoms. The van der Waals surface area contributed by atoms with Crippen molar-refractivity contribution in [2.24, 2.45) is 72.0 Å². The molecule has 9 unspecified atom stereocenters. The van der Waals surface area contributed by atoms with Gasteiger partial charge in [0.25, 0.3) is 0 Å². The van der Waals surface area contributed by atoms with E-state index in [2.05, 4.69) is 4.99 Å². The molecule has 61 heavy (non-hydrogen) atoms. The summed E-state index contributed by atoms with van der Waals surface area (Å²) in [5.41, 5.74) is 6.58. The van der Waals surface area contributed by atoms with Crippen LogP contribution in [0.2, 0.25) is 0 Å². The predicted molar refractivity (Wildman–Crippen MR) is 229 cm³/mol. The molecule has 3 rings (SSSR count). The van der Waals surface area contributed by atoms with E-state index in [4.69, 9.17) is 15.7 Å². The van der Waals surface area contributed by atoms with Crippen LogP contribution in [0.5, 0.6) is 0 Å². The molecule has 0 saturated heterocycles. The molecule has 3 heterocycles. The normalized spacial score (nSPS) is 29.0. The number of carbonyl (C=O) groups is 6. The summed E-state index contributed by atoms with van der Waals surface area (Å²) >= 11 is 0. The minimum absolute atomic E-state index is 0.0471. The minimum atomic E-state index is -1.19. The Morgan fingerprint density at radius 3 is 1.87 bits per heavy atom. The number of carboxylic acids is 6. The van der Waals surface area contributed by atoms with E-state index in [9.17, 15) is 59.4 Å². The number of allylic oxidation sites excluding steroid dienone is 6. The van der Waals surface area contributed by atoms with Gasteiger partial charge >= 0.3 is 35.8 Å². The quantitative estimate of drug-likeness (QED) is 0.0562. The second kappa shape index (κ2) is 19.3. The molecule has 0 aromatic carbocycles. The third kappa shape index (κ3) is 10.8. The Bertz CT molecular complexity index is 1970. The first-order valence-electron chi connectivity index (χ1n) is 21.0. The van der Waals surface area contributed by atoms with Crippen molar-refractivity contribution in [3.05, 3.63) is 34.3 Å². The molecule has 0 bridgehead atoms. The van der Waals surface area contributed by atoms with Gasteiger partial charge in [0.2, 0.25) is 0 Å². The Balaban J connectivity index is 2.39. The molecule has 0 radical (unpaired) electrons. The average Bonchev–Trinajstić information content (AvgIpc) is 3.69. The van der Waals surface area contributed by atoms with E-state index in [0.29, 0.717) is 46.1 Å². The average molecular weight is 855 g/mol. The molecule has 0 aliphatic carbocycles. The van der Waals surface area contributed by atoms with Crippen molar-refractivity contribution in [2.45, 2.75) is 139 Å². The van der Waals surface area contributed by atoms with Gasteiger partial charge in [-0.15, -0.1) is 0 Å². The van der Waals surface area contributed by atoms with Crippen molar-refractivity contribution in [1.82, 2.24) is 0 Å². The molecule has 8 N–H and O–H groups in total. The maximum absolute atomic E-state index is 12.7. The zero-order valence-corrected chi connectivity index (χ0v) is 37.2. The summed E-state index contributed by atoms with van der Waals surface area (Å²) < 4.78 is 0. The van der Waals surface area contributed by atoms with Gasteiger partial charge in [-0.1, -0.05) is 54.0 Å². The van der Waals surface area contributed by atoms with Crippen LogP contribution in [0.15, 0.2) is 49.3 Å². The van der Waals surface area contributed by atoms with Crippen molar-refractivity contribution in [2.75, 3.05) is 0 Å². The molecule has 0 aromatic heterocycles. The van der Waals surface area contributed by atoms with E-state index >= 15 is 0 Å². The smallest absolute Gasteiger partial charge is 0.304 e. The summed E-state index contributed by atoms with van der Waals surface area (Å²) in [6.45, 7) is 18.4. The van der Waals surface area contributed by atoms with Crippen LogP contribution < -0.4 is 5.73 Å². The highest BCUT2D eigenvalue weighted by Crippen LogP contribution is 2.56. The number of hydrogen-bond donors (Lipinski definition) is 7. The van der Waals surface area contributed by atoms with Crippen LogP contribution in [0.25, 0.3) is 0 Å². The fourth-order valence-corrected chi connectivity index (χ4v) is 10.2. The molecule has 3 aliphatic heterocycles. The van der Waals surface area contributed by atoms with Gasteiger partial charge in [0.1, 0.15) is 0 Å². The van der Waals surface area contributed by atoms with Crippen LogP contribution in [0.1, 0.15) is 133 Å². The molecule has 16 nitrogen and oxygen atoms in total. The van der Waals surface area contributed by atoms with Crippen molar-refractivity contribution in [3.63, 3.8) is 0 Å². The van der Waals surface area contributed by atoms with Gasteiger partial charge < -0.3 is 36.4 Å². The number of rotatable bonds is 22. The van der Waals surface area contributed by atoms with Crippen LogP contribution in [0.3, 0.4) is 0 Å². The van der Waals surface area contributed by atoms with Gasteiger partial charge in [-0.3, -0.25) is 43.7 Å². The fraction of sp³-hybridized carbons (Fsp3) is 0.667. The number of aliphatic imine (C=N–C) groups is 3. The standard InChI is InChI=1S/C45H66N4O12/c1-11-44(9)29(18-35(56)57)40(25(5)45(10,21-37(60)61)27(13-16-33(52)53)38(46)23(2)3)49-41(44)24(4)39-28(14-17-34(54)55)42(6,7)31(48-39)19-30-26(12-15-32(50)51)43(8,22-47-30)20-36(58)59/h19,22,25-29,40H,11-18,20-21,46H2,1-10H3,(H,50,51)(H,52,53)(H,54,55)(H,56,57)(H,58,59)(H,60,61)/b30-19-,39-24-. The third-order valence-corrected chi connectivity index (χ3v) is 14.3. The molecule has 0 saturated carbocycles. The molecular weight excluding hydrogens is 789 g/mol. The summed E-state index contributed by atoms with van der Waals surface area (Å²) in [4.78, 5) is 88.0. The highest BCUT2D eigenvalue weighted by molar-refractivity contribution is 6.09. The van der Waals surface area contributed by atoms with E-state index in [1.807, 2.05) is 41.5 Å². The number of hydrogen-bond acceptors (Lipinski definition) is 10. The van der Waals surface area contributed by atoms with Crippen LogP contribution >= 0.6 is 0 Å². The van der Waals surface area contributed by atoms with Crippen LogP contribution in [0.4, 0.5) is 0 Å². The Hall–Kier alpha value is -5.15. The van der Waals surface area contributed by atoms with Gasteiger partial charge in [-0.2, -0.15) is 0 Å². The second-order valence-electron chi connectivity index (χ2n) is 18.9. The van der Waals surface area contributed by atoms with Gasteiger partial charge in [-0.05, 0) is 69.4 Å². The van der Waals surface area contributed by atoms with Crippen molar-refractivity contribution < 1.29 is 59.4 Å². The predicted octanol–water partition coefficient (Wildman–Crippen LogP) is 7.33. The minimum Gasteiger partial charge on any atom is -0.481 e. The lowest BCUT2D eigenvalue weighted by Gasteiger charge is -2.46. The Kier molecular flexibility index (Phi) is 15.9. The van der Waals surface area contributed by atoms with Crippen LogP contribution in [-0.4, -0.2) is 90.1 Å². The lowest BCUT2D eigenvalue weighted by Crippen LogP contribution is -2.47. The molecule has 0 amide bonds. The van der Waals surface area contributed by atoms with Crippen molar-refractivity contribution in [1.29, 1.82) is 0 Å². The first kappa shape index (κ1) is 50.2. The summed E-state index contributed by atoms with van der Waals surface area (Å²) in [6, 6.07) is -0.763. The highest BCUT2D eigenvalue weighted by Gasteiger charge is 2.56. The van der Waals surface area contributed by atoms with Gasteiger partial charge in [-0.25, -0.2) is 0 Å². The molecule has 3 aliphatic rings. The van der Waals surface area contributed by atoms with Crippen molar-refractivity contribution >= 4 is 53.5 Å². The number of aliphatic carboxylic acids is 6. The lowest BCUT2D eigenvalue weighted by molar-refractivity contribution is -0.143. The molecule has 0 spiro atoms. The maximum Gasteiger partial charge on any atom is 0.304 e. The van der Waals surface area contributed by atoms with E-state index in [-0.39, 0.29) is 51.4 Å². The summed E-state index contributed by atoms with van der Waals surface area (Å²) in [5, 5.41) is 59.5. The van der Waals surface area contributed by atoms with E-state index < -0.39 is 99.5 Å². The van der Waals surface area contributed by atoms with Crippen LogP contribution in [-0.2, 0) is 28.8 Å². The Morgan fingerprint density at radius 2 is 1.39 bits per heavy atom. The molecule has 9 atom stereocenters. The summed E-state index contributed by atoms with van der Waals surface area (Å²) in [6.07, 6.45) is 2.39. The first-order chi connectivity index (χ1) is 28.1. The van der Waals surface area contributed by atoms with E-state index in [1.54, 1.807) is 40.0 Å². The monoisotopic (exact) mass is 854 g/mol. The number of nitrogens with two attached hydrogens (primary N) is 1. The Morgan fingerprint density at radius 1 is 0.836 bits per heavy atom. The SMILES string of the molecule is CCC1(C)C(/C(C)=C2N=C(/C=C3\N=CC(C)(CC(=O)O)C3CCC(=O)O)C(C)(C)C\2CCC(=O)O)=NC(C(C)C(C)(CC(=O)O)C(CCC(=O)O)C(N)=C(C)C)C1CC(=O)O. The Labute approximate surface area is 357 Å². The number of nitrogens with zero attached hydrogens (tertiary/aromatic N) is 3. The molecular formula is C45H66N4O12. The van der Waals surface area contributed by atoms with Crippen LogP contribution in [0, 0.1) is 51.2 Å². The van der Waals surface area contributed by atoms with Gasteiger partial charge in [0, 0.05) is 93.9 Å². The summed E-state index contributed by atoms with van der Waals surface area (Å²) in [5.74, 6) is -9.44. The second-order valence-corrected chi connectivity index (χ2v) is 18.9. The zero-order valence-electron chi connectivity index (χ0n) is 37.2. The molecule has 338 valence electrons. The number of carboxylic acid groups (broad SMARTS) is 6. The zero-order chi connectivity index (χ0) is 46.6. The maximum atomic E-state index is 12.7. The summed E-state index contributed by atoms with van der Waals surface area (Å²) in [7, 11) is 0. The van der Waals surface area contributed by atoms with Gasteiger partial charge in [0.15, 0.2) is 0 Å². The van der Waals surface area contributed by atoms with Gasteiger partial charge in [0.05, 0.1) is 25.3 Å². The van der Waals surface area contributed by atoms with E-state index in [0.717, 1.165) is 0 Å². The van der Waals surface area contributed by atoms with E-state index in [1.165, 1.54) is 0 Å². The first-order valence-corrected chi connectivity index (χ1v) is 21.0. The highest BCUT2D eigenvalue weighted by atomic mass is 16.4.